The number of aliphatic imine (C=N–C) groups is 1. The quantitative estimate of drug-likeness (QED) is 0.238. The Morgan fingerprint density at radius 3 is 2.43 bits per heavy atom. The van der Waals surface area contributed by atoms with Gasteiger partial charge in [-0.2, -0.15) is 13.2 Å². The molecule has 3 nitrogen and oxygen atoms in total. The van der Waals surface area contributed by atoms with Crippen LogP contribution in [-0.2, 0) is 12.6 Å². The molecule has 3 atom stereocenters. The van der Waals surface area contributed by atoms with Gasteiger partial charge >= 0.3 is 6.18 Å². The molecule has 7 heteroatoms. The summed E-state index contributed by atoms with van der Waals surface area (Å²) >= 11 is 3.05. The second kappa shape index (κ2) is 14.1. The lowest BCUT2D eigenvalue weighted by molar-refractivity contribution is -0.138. The van der Waals surface area contributed by atoms with Crippen molar-refractivity contribution in [2.75, 3.05) is 19.6 Å². The van der Waals surface area contributed by atoms with Crippen molar-refractivity contribution >= 4 is 21.8 Å². The largest absolute Gasteiger partial charge is 0.417 e. The van der Waals surface area contributed by atoms with Crippen molar-refractivity contribution in [3.8, 4) is 0 Å². The van der Waals surface area contributed by atoms with Crippen molar-refractivity contribution in [1.82, 2.24) is 9.80 Å². The van der Waals surface area contributed by atoms with Gasteiger partial charge in [0.15, 0.2) is 0 Å². The molecule has 0 aromatic heterocycles. The topological polar surface area (TPSA) is 18.8 Å². The smallest absolute Gasteiger partial charge is 0.302 e. The fourth-order valence-electron chi connectivity index (χ4n) is 6.48. The van der Waals surface area contributed by atoms with Crippen LogP contribution in [0.4, 0.5) is 13.2 Å². The van der Waals surface area contributed by atoms with Crippen LogP contribution in [0.1, 0.15) is 90.7 Å². The molecule has 1 aliphatic carbocycles. The predicted molar refractivity (Wildman–Crippen MR) is 172 cm³/mol. The highest BCUT2D eigenvalue weighted by Gasteiger charge is 2.35. The first kappa shape index (κ1) is 32.8. The number of halogens is 4. The molecular formula is C35H47BrF3N3. The molecule has 0 radical (unpaired) electrons. The summed E-state index contributed by atoms with van der Waals surface area (Å²) in [4.78, 5) is 10.1. The normalized spacial score (nSPS) is 20.5. The summed E-state index contributed by atoms with van der Waals surface area (Å²) in [6, 6.07) is 4.56. The summed E-state index contributed by atoms with van der Waals surface area (Å²) in [6.45, 7) is 18.3. The molecule has 0 spiro atoms. The van der Waals surface area contributed by atoms with Gasteiger partial charge in [0.1, 0.15) is 5.84 Å². The van der Waals surface area contributed by atoms with Crippen LogP contribution < -0.4 is 0 Å². The first-order chi connectivity index (χ1) is 20.0. The first-order valence-corrected chi connectivity index (χ1v) is 16.5. The molecule has 1 aromatic carbocycles. The average molecular weight is 647 g/mol. The van der Waals surface area contributed by atoms with Gasteiger partial charge < -0.3 is 4.90 Å². The van der Waals surface area contributed by atoms with E-state index in [1.165, 1.54) is 35.4 Å². The van der Waals surface area contributed by atoms with Crippen molar-refractivity contribution in [1.29, 1.82) is 0 Å². The summed E-state index contributed by atoms with van der Waals surface area (Å²) in [5.41, 5.74) is 6.28. The zero-order valence-electron chi connectivity index (χ0n) is 26.0. The van der Waals surface area contributed by atoms with E-state index in [2.05, 4.69) is 79.1 Å². The number of hydrogen-bond donors (Lipinski definition) is 0. The molecule has 2 aliphatic heterocycles. The Morgan fingerprint density at radius 1 is 1.05 bits per heavy atom. The third kappa shape index (κ3) is 7.32. The van der Waals surface area contributed by atoms with Crippen molar-refractivity contribution in [3.63, 3.8) is 0 Å². The van der Waals surface area contributed by atoms with Crippen molar-refractivity contribution < 1.29 is 13.2 Å². The molecule has 0 bridgehead atoms. The van der Waals surface area contributed by atoms with E-state index < -0.39 is 11.7 Å². The molecule has 3 unspecified atom stereocenters. The number of allylic oxidation sites excluding steroid dienone is 5. The zero-order valence-corrected chi connectivity index (χ0v) is 27.5. The van der Waals surface area contributed by atoms with Crippen LogP contribution in [0.3, 0.4) is 0 Å². The van der Waals surface area contributed by atoms with Gasteiger partial charge in [0.2, 0.25) is 0 Å². The van der Waals surface area contributed by atoms with Crippen molar-refractivity contribution in [3.05, 3.63) is 80.8 Å². The standard InChI is InChI=1S/C35H47BrF3N3/c1-7-10-27(9-3)34-40-33-22-41(19-17-26-11-16-32(36)31(21-26)35(37,38)39)20-18-30(33)25(6)42(34)29-14-12-28(13-15-29)24(5)23(4)8-2/h11-12,14,16,21,23-24,27H,6-10,13,15,17-20,22H2,1-5H3. The Labute approximate surface area is 259 Å². The number of nitrogens with zero attached hydrogens (tertiary/aromatic N) is 3. The van der Waals surface area contributed by atoms with Crippen LogP contribution in [0.5, 0.6) is 0 Å². The van der Waals surface area contributed by atoms with Crippen molar-refractivity contribution in [2.24, 2.45) is 22.7 Å². The van der Waals surface area contributed by atoms with Crippen molar-refractivity contribution in [2.45, 2.75) is 92.2 Å². The van der Waals surface area contributed by atoms with Crippen LogP contribution in [0.15, 0.2) is 74.6 Å². The fraction of sp³-hybridized carbons (Fsp3) is 0.571. The van der Waals surface area contributed by atoms with E-state index in [4.69, 9.17) is 4.99 Å². The number of hydrogen-bond acceptors (Lipinski definition) is 3. The van der Waals surface area contributed by atoms with Gasteiger partial charge in [-0.1, -0.05) is 87.7 Å². The minimum atomic E-state index is -4.37. The molecule has 3 aliphatic rings. The maximum absolute atomic E-state index is 13.4. The molecular weight excluding hydrogens is 599 g/mol. The lowest BCUT2D eigenvalue weighted by Gasteiger charge is -2.42. The van der Waals surface area contributed by atoms with Crippen LogP contribution in [0.25, 0.3) is 0 Å². The van der Waals surface area contributed by atoms with Gasteiger partial charge in [-0.25, -0.2) is 4.99 Å². The zero-order chi connectivity index (χ0) is 30.6. The monoisotopic (exact) mass is 645 g/mol. The Kier molecular flexibility index (Phi) is 11.0. The van der Waals surface area contributed by atoms with Crippen LogP contribution >= 0.6 is 15.9 Å². The van der Waals surface area contributed by atoms with E-state index in [0.29, 0.717) is 42.8 Å². The highest BCUT2D eigenvalue weighted by Crippen LogP contribution is 2.40. The molecule has 0 amide bonds. The maximum atomic E-state index is 13.4. The Balaban J connectivity index is 1.56. The number of alkyl halides is 3. The van der Waals surface area contributed by atoms with Gasteiger partial charge in [-0.15, -0.1) is 0 Å². The second-order valence-corrected chi connectivity index (χ2v) is 13.1. The number of amidine groups is 1. The van der Waals surface area contributed by atoms with Crippen LogP contribution in [0.2, 0.25) is 0 Å². The molecule has 42 heavy (non-hydrogen) atoms. The van der Waals surface area contributed by atoms with Gasteiger partial charge in [-0.05, 0) is 79.7 Å². The highest BCUT2D eigenvalue weighted by atomic mass is 79.9. The minimum absolute atomic E-state index is 0.0843. The molecule has 0 saturated carbocycles. The Bertz CT molecular complexity index is 1270. The van der Waals surface area contributed by atoms with Gasteiger partial charge in [0.05, 0.1) is 11.3 Å². The molecule has 0 fully saturated rings. The van der Waals surface area contributed by atoms with Gasteiger partial charge in [-0.3, -0.25) is 4.90 Å². The maximum Gasteiger partial charge on any atom is 0.417 e. The molecule has 230 valence electrons. The third-order valence-corrected chi connectivity index (χ3v) is 10.3. The molecule has 0 saturated heterocycles. The third-order valence-electron chi connectivity index (χ3n) is 9.57. The second-order valence-electron chi connectivity index (χ2n) is 12.2. The van der Waals surface area contributed by atoms with E-state index in [1.807, 2.05) is 0 Å². The minimum Gasteiger partial charge on any atom is -0.302 e. The van der Waals surface area contributed by atoms with Gasteiger partial charge in [0, 0.05) is 41.4 Å². The summed E-state index contributed by atoms with van der Waals surface area (Å²) < 4.78 is 40.3. The van der Waals surface area contributed by atoms with Crippen LogP contribution in [0, 0.1) is 17.8 Å². The van der Waals surface area contributed by atoms with Gasteiger partial charge in [0.25, 0.3) is 0 Å². The van der Waals surface area contributed by atoms with Crippen LogP contribution in [-0.4, -0.2) is 35.3 Å². The van der Waals surface area contributed by atoms with E-state index >= 15 is 0 Å². The molecule has 1 aromatic rings. The van der Waals surface area contributed by atoms with E-state index in [-0.39, 0.29) is 4.47 Å². The summed E-state index contributed by atoms with van der Waals surface area (Å²) in [6.07, 6.45) is 8.15. The summed E-state index contributed by atoms with van der Waals surface area (Å²) in [5, 5.41) is 0. The average Bonchev–Trinajstić information content (AvgIpc) is 2.98. The lowest BCUT2D eigenvalue weighted by Crippen LogP contribution is -2.42. The summed E-state index contributed by atoms with van der Waals surface area (Å²) in [7, 11) is 0. The highest BCUT2D eigenvalue weighted by molar-refractivity contribution is 9.10. The van der Waals surface area contributed by atoms with E-state index in [0.717, 1.165) is 62.3 Å². The predicted octanol–water partition coefficient (Wildman–Crippen LogP) is 10.3. The lowest BCUT2D eigenvalue weighted by atomic mass is 9.82. The van der Waals surface area contributed by atoms with E-state index in [1.54, 1.807) is 6.07 Å². The SMILES string of the molecule is C=C1C2=C(CN(CCc3ccc(Br)c(C(F)(F)F)c3)CC2)N=C(C(CC)CCC)N1C1=CC=C(C(C)C(C)CC)CC1. The molecule has 2 heterocycles. The number of rotatable bonds is 11. The Hall–Kier alpha value is -2.12. The van der Waals surface area contributed by atoms with E-state index in [9.17, 15) is 13.2 Å². The fourth-order valence-corrected chi connectivity index (χ4v) is 6.96. The first-order valence-electron chi connectivity index (χ1n) is 15.8. The Morgan fingerprint density at radius 2 is 1.81 bits per heavy atom. The molecule has 0 N–H and O–H groups in total. The number of benzene rings is 1. The summed E-state index contributed by atoms with van der Waals surface area (Å²) in [5.74, 6) is 2.73. The molecule has 4 rings (SSSR count).